The number of carbonyl (C=O) groups excluding carboxylic acids is 1. The fourth-order valence-electron chi connectivity index (χ4n) is 2.88. The van der Waals surface area contributed by atoms with Gasteiger partial charge in [-0.05, 0) is 36.8 Å². The maximum atomic E-state index is 12.4. The van der Waals surface area contributed by atoms with Gasteiger partial charge in [-0.3, -0.25) is 4.79 Å². The van der Waals surface area contributed by atoms with Gasteiger partial charge < -0.3 is 5.32 Å². The van der Waals surface area contributed by atoms with E-state index in [9.17, 15) is 4.79 Å². The highest BCUT2D eigenvalue weighted by Gasteiger charge is 2.26. The molecule has 1 aromatic carbocycles. The van der Waals surface area contributed by atoms with Crippen molar-refractivity contribution >= 4 is 21.8 Å². The number of alkyl halides is 1. The van der Waals surface area contributed by atoms with Gasteiger partial charge in [0.1, 0.15) is 0 Å². The van der Waals surface area contributed by atoms with Crippen LogP contribution in [0.15, 0.2) is 24.3 Å². The van der Waals surface area contributed by atoms with Gasteiger partial charge in [0.05, 0.1) is 0 Å². The van der Waals surface area contributed by atoms with Gasteiger partial charge in [-0.1, -0.05) is 53.9 Å². The molecule has 104 valence electrons. The molecule has 2 nitrogen and oxygen atoms in total. The maximum Gasteiger partial charge on any atom is 0.251 e. The van der Waals surface area contributed by atoms with Crippen molar-refractivity contribution in [1.29, 1.82) is 0 Å². The standard InChI is InChI=1S/C16H22BrNO/c1-2-12-7-3-5-9-14(12)16(19)18-15-10-6-4-8-13(15)11-17/h3,5,7,9,13,15H,2,4,6,8,10-11H2,1H3,(H,18,19). The molecule has 0 heterocycles. The summed E-state index contributed by atoms with van der Waals surface area (Å²) in [7, 11) is 0. The summed E-state index contributed by atoms with van der Waals surface area (Å²) >= 11 is 3.57. The van der Waals surface area contributed by atoms with Crippen LogP contribution in [-0.4, -0.2) is 17.3 Å². The average Bonchev–Trinajstić information content (AvgIpc) is 2.47. The minimum atomic E-state index is 0.0929. The Morgan fingerprint density at radius 1 is 1.32 bits per heavy atom. The Morgan fingerprint density at radius 2 is 2.05 bits per heavy atom. The first-order chi connectivity index (χ1) is 9.26. The van der Waals surface area contributed by atoms with Crippen LogP contribution in [0.25, 0.3) is 0 Å². The van der Waals surface area contributed by atoms with E-state index in [0.717, 1.165) is 29.3 Å². The zero-order valence-electron chi connectivity index (χ0n) is 11.5. The Balaban J connectivity index is 2.07. The Hall–Kier alpha value is -0.830. The smallest absolute Gasteiger partial charge is 0.251 e. The van der Waals surface area contributed by atoms with Gasteiger partial charge >= 0.3 is 0 Å². The lowest BCUT2D eigenvalue weighted by molar-refractivity contribution is 0.0910. The SMILES string of the molecule is CCc1ccccc1C(=O)NC1CCCCC1CBr. The van der Waals surface area contributed by atoms with Crippen LogP contribution in [0.5, 0.6) is 0 Å². The molecule has 0 aromatic heterocycles. The van der Waals surface area contributed by atoms with Crippen molar-refractivity contribution in [1.82, 2.24) is 5.32 Å². The van der Waals surface area contributed by atoms with E-state index in [1.54, 1.807) is 0 Å². The van der Waals surface area contributed by atoms with Crippen LogP contribution in [0, 0.1) is 5.92 Å². The van der Waals surface area contributed by atoms with Crippen LogP contribution in [0.1, 0.15) is 48.5 Å². The summed E-state index contributed by atoms with van der Waals surface area (Å²) in [5.74, 6) is 0.668. The van der Waals surface area contributed by atoms with Crippen molar-refractivity contribution in [2.45, 2.75) is 45.1 Å². The molecule has 2 atom stereocenters. The maximum absolute atomic E-state index is 12.4. The monoisotopic (exact) mass is 323 g/mol. The Labute approximate surface area is 124 Å². The summed E-state index contributed by atoms with van der Waals surface area (Å²) in [5, 5.41) is 4.22. The molecule has 1 aromatic rings. The topological polar surface area (TPSA) is 29.1 Å². The van der Waals surface area contributed by atoms with E-state index in [4.69, 9.17) is 0 Å². The summed E-state index contributed by atoms with van der Waals surface area (Å²) in [5.41, 5.74) is 1.97. The number of benzene rings is 1. The third kappa shape index (κ3) is 3.59. The largest absolute Gasteiger partial charge is 0.349 e. The molecule has 1 N–H and O–H groups in total. The van der Waals surface area contributed by atoms with Gasteiger partial charge in [0.15, 0.2) is 0 Å². The van der Waals surface area contributed by atoms with Crippen LogP contribution in [0.2, 0.25) is 0 Å². The van der Waals surface area contributed by atoms with E-state index in [2.05, 4.69) is 28.2 Å². The molecule has 0 bridgehead atoms. The molecule has 2 rings (SSSR count). The number of rotatable bonds is 4. The summed E-state index contributed by atoms with van der Waals surface area (Å²) < 4.78 is 0. The molecule has 2 unspecified atom stereocenters. The lowest BCUT2D eigenvalue weighted by Crippen LogP contribution is -2.43. The van der Waals surface area contributed by atoms with E-state index in [1.807, 2.05) is 24.3 Å². The van der Waals surface area contributed by atoms with Gasteiger partial charge in [0.2, 0.25) is 0 Å². The third-order valence-corrected chi connectivity index (χ3v) is 4.90. The fourth-order valence-corrected chi connectivity index (χ4v) is 3.65. The zero-order chi connectivity index (χ0) is 13.7. The van der Waals surface area contributed by atoms with Crippen molar-refractivity contribution < 1.29 is 4.79 Å². The normalized spacial score (nSPS) is 23.1. The zero-order valence-corrected chi connectivity index (χ0v) is 13.1. The number of aryl methyl sites for hydroxylation is 1. The second-order valence-electron chi connectivity index (χ2n) is 5.29. The second-order valence-corrected chi connectivity index (χ2v) is 5.94. The lowest BCUT2D eigenvalue weighted by atomic mass is 9.85. The number of halogens is 1. The summed E-state index contributed by atoms with van der Waals surface area (Å²) in [6, 6.07) is 8.23. The van der Waals surface area contributed by atoms with Crippen LogP contribution in [0.3, 0.4) is 0 Å². The molecule has 1 amide bonds. The minimum Gasteiger partial charge on any atom is -0.349 e. The number of amides is 1. The first-order valence-electron chi connectivity index (χ1n) is 7.21. The molecule has 1 aliphatic carbocycles. The minimum absolute atomic E-state index is 0.0929. The first-order valence-corrected chi connectivity index (χ1v) is 8.33. The Morgan fingerprint density at radius 3 is 2.79 bits per heavy atom. The van der Waals surface area contributed by atoms with E-state index in [0.29, 0.717) is 12.0 Å². The van der Waals surface area contributed by atoms with Crippen LogP contribution >= 0.6 is 15.9 Å². The van der Waals surface area contributed by atoms with Crippen molar-refractivity contribution in [2.24, 2.45) is 5.92 Å². The molecule has 0 aliphatic heterocycles. The van der Waals surface area contributed by atoms with Crippen LogP contribution in [0.4, 0.5) is 0 Å². The third-order valence-electron chi connectivity index (χ3n) is 4.07. The van der Waals surface area contributed by atoms with Crippen LogP contribution in [-0.2, 0) is 6.42 Å². The van der Waals surface area contributed by atoms with Gasteiger partial charge in [0.25, 0.3) is 5.91 Å². The molecule has 1 saturated carbocycles. The quantitative estimate of drug-likeness (QED) is 0.835. The van der Waals surface area contributed by atoms with Crippen molar-refractivity contribution in [3.05, 3.63) is 35.4 Å². The van der Waals surface area contributed by atoms with E-state index < -0.39 is 0 Å². The van der Waals surface area contributed by atoms with Gasteiger partial charge in [-0.2, -0.15) is 0 Å². The molecule has 3 heteroatoms. The number of nitrogens with one attached hydrogen (secondary N) is 1. The number of hydrogen-bond donors (Lipinski definition) is 1. The van der Waals surface area contributed by atoms with Crippen molar-refractivity contribution in [2.75, 3.05) is 5.33 Å². The Bertz CT molecular complexity index is 433. The van der Waals surface area contributed by atoms with Crippen LogP contribution < -0.4 is 5.32 Å². The van der Waals surface area contributed by atoms with Gasteiger partial charge in [-0.25, -0.2) is 0 Å². The predicted molar refractivity (Wildman–Crippen MR) is 82.8 cm³/mol. The predicted octanol–water partition coefficient (Wildman–Crippen LogP) is 3.93. The highest BCUT2D eigenvalue weighted by Crippen LogP contribution is 2.26. The van der Waals surface area contributed by atoms with Crippen molar-refractivity contribution in [3.63, 3.8) is 0 Å². The summed E-state index contributed by atoms with van der Waals surface area (Å²) in [6.07, 6.45) is 5.73. The molecule has 1 aliphatic rings. The van der Waals surface area contributed by atoms with Gasteiger partial charge in [-0.15, -0.1) is 0 Å². The molecular formula is C16H22BrNO. The summed E-state index contributed by atoms with van der Waals surface area (Å²) in [6.45, 7) is 2.09. The molecule has 19 heavy (non-hydrogen) atoms. The van der Waals surface area contributed by atoms with Gasteiger partial charge in [0, 0.05) is 16.9 Å². The Kier molecular flexibility index (Phi) is 5.44. The fraction of sp³-hybridized carbons (Fsp3) is 0.562. The van der Waals surface area contributed by atoms with E-state index >= 15 is 0 Å². The average molecular weight is 324 g/mol. The lowest BCUT2D eigenvalue weighted by Gasteiger charge is -2.31. The molecule has 0 saturated heterocycles. The van der Waals surface area contributed by atoms with E-state index in [-0.39, 0.29) is 5.91 Å². The highest BCUT2D eigenvalue weighted by molar-refractivity contribution is 9.09. The van der Waals surface area contributed by atoms with Crippen molar-refractivity contribution in [3.8, 4) is 0 Å². The number of hydrogen-bond acceptors (Lipinski definition) is 1. The summed E-state index contributed by atoms with van der Waals surface area (Å²) in [4.78, 5) is 12.4. The number of carbonyl (C=O) groups is 1. The molecule has 0 radical (unpaired) electrons. The first kappa shape index (κ1) is 14.6. The molecule has 1 fully saturated rings. The van der Waals surface area contributed by atoms with E-state index in [1.165, 1.54) is 19.3 Å². The molecule has 0 spiro atoms. The second kappa shape index (κ2) is 7.09. The highest BCUT2D eigenvalue weighted by atomic mass is 79.9. The molecular weight excluding hydrogens is 302 g/mol.